The summed E-state index contributed by atoms with van der Waals surface area (Å²) in [6.45, 7) is 6.66. The van der Waals surface area contributed by atoms with E-state index in [1.807, 2.05) is 20.8 Å². The van der Waals surface area contributed by atoms with Crippen molar-refractivity contribution in [2.45, 2.75) is 45.4 Å². The van der Waals surface area contributed by atoms with E-state index >= 15 is 0 Å². The third-order valence-corrected chi connectivity index (χ3v) is 2.71. The second-order valence-corrected chi connectivity index (χ2v) is 5.58. The number of amides is 1. The van der Waals surface area contributed by atoms with Crippen LogP contribution in [0.4, 0.5) is 0 Å². The number of carbonyl (C=O) groups excluding carboxylic acids is 1. The lowest BCUT2D eigenvalue weighted by atomic mass is 9.97. The predicted molar refractivity (Wildman–Crippen MR) is 62.4 cm³/mol. The Labute approximate surface area is 101 Å². The Balaban J connectivity index is 1.79. The molecule has 5 heteroatoms. The van der Waals surface area contributed by atoms with Crippen LogP contribution in [-0.2, 0) is 16.6 Å². The van der Waals surface area contributed by atoms with Gasteiger partial charge >= 0.3 is 0 Å². The van der Waals surface area contributed by atoms with Gasteiger partial charge in [-0.1, -0.05) is 25.9 Å². The molecule has 1 aliphatic rings. The van der Waals surface area contributed by atoms with Crippen LogP contribution in [0.1, 0.15) is 45.3 Å². The van der Waals surface area contributed by atoms with Crippen LogP contribution in [-0.4, -0.2) is 22.6 Å². The highest BCUT2D eigenvalue weighted by molar-refractivity contribution is 5.80. The molecule has 0 atom stereocenters. The van der Waals surface area contributed by atoms with E-state index in [0.717, 1.165) is 12.8 Å². The Morgan fingerprint density at radius 2 is 2.18 bits per heavy atom. The zero-order valence-corrected chi connectivity index (χ0v) is 10.6. The zero-order valence-electron chi connectivity index (χ0n) is 10.6. The SMILES string of the molecule is CC(C)(C)c1nc(CCNC(=O)C2CC2)no1. The molecule has 17 heavy (non-hydrogen) atoms. The minimum Gasteiger partial charge on any atom is -0.355 e. The highest BCUT2D eigenvalue weighted by Gasteiger charge is 2.29. The normalized spacial score (nSPS) is 15.9. The maximum Gasteiger partial charge on any atom is 0.232 e. The largest absolute Gasteiger partial charge is 0.355 e. The standard InChI is InChI=1S/C12H19N3O2/c1-12(2,3)11-14-9(15-17-11)6-7-13-10(16)8-4-5-8/h8H,4-7H2,1-3H3,(H,13,16). The average molecular weight is 237 g/mol. The number of aromatic nitrogens is 2. The van der Waals surface area contributed by atoms with Crippen LogP contribution in [0.5, 0.6) is 0 Å². The van der Waals surface area contributed by atoms with Crippen molar-refractivity contribution < 1.29 is 9.32 Å². The van der Waals surface area contributed by atoms with Crippen molar-refractivity contribution in [1.29, 1.82) is 0 Å². The van der Waals surface area contributed by atoms with E-state index in [1.165, 1.54) is 0 Å². The molecular formula is C12H19N3O2. The monoisotopic (exact) mass is 237 g/mol. The van der Waals surface area contributed by atoms with Crippen LogP contribution in [0.15, 0.2) is 4.52 Å². The molecule has 1 aromatic heterocycles. The molecule has 0 aromatic carbocycles. The van der Waals surface area contributed by atoms with Crippen LogP contribution in [0.25, 0.3) is 0 Å². The number of carbonyl (C=O) groups is 1. The molecule has 0 bridgehead atoms. The first kappa shape index (κ1) is 12.1. The number of nitrogens with one attached hydrogen (secondary N) is 1. The van der Waals surface area contributed by atoms with Crippen LogP contribution < -0.4 is 5.32 Å². The summed E-state index contributed by atoms with van der Waals surface area (Å²) in [5.74, 6) is 1.71. The molecule has 1 aromatic rings. The van der Waals surface area contributed by atoms with E-state index in [0.29, 0.717) is 24.7 Å². The van der Waals surface area contributed by atoms with E-state index in [-0.39, 0.29) is 17.2 Å². The summed E-state index contributed by atoms with van der Waals surface area (Å²) in [7, 11) is 0. The van der Waals surface area contributed by atoms with Crippen molar-refractivity contribution in [2.75, 3.05) is 6.54 Å². The molecule has 94 valence electrons. The molecule has 2 rings (SSSR count). The lowest BCUT2D eigenvalue weighted by Crippen LogP contribution is -2.27. The van der Waals surface area contributed by atoms with E-state index in [2.05, 4.69) is 15.5 Å². The molecule has 0 unspecified atom stereocenters. The van der Waals surface area contributed by atoms with E-state index in [9.17, 15) is 4.79 Å². The lowest BCUT2D eigenvalue weighted by Gasteiger charge is -2.10. The van der Waals surface area contributed by atoms with Crippen LogP contribution >= 0.6 is 0 Å². The van der Waals surface area contributed by atoms with Crippen molar-refractivity contribution in [3.8, 4) is 0 Å². The Morgan fingerprint density at radius 3 is 2.71 bits per heavy atom. The van der Waals surface area contributed by atoms with E-state index < -0.39 is 0 Å². The summed E-state index contributed by atoms with van der Waals surface area (Å²) in [5.41, 5.74) is -0.123. The molecule has 1 saturated carbocycles. The molecular weight excluding hydrogens is 218 g/mol. The van der Waals surface area contributed by atoms with Gasteiger partial charge in [0.05, 0.1) is 0 Å². The van der Waals surface area contributed by atoms with E-state index in [4.69, 9.17) is 4.52 Å². The van der Waals surface area contributed by atoms with Crippen LogP contribution in [0, 0.1) is 5.92 Å². The smallest absolute Gasteiger partial charge is 0.232 e. The maximum absolute atomic E-state index is 11.4. The van der Waals surface area contributed by atoms with Gasteiger partial charge < -0.3 is 9.84 Å². The van der Waals surface area contributed by atoms with Gasteiger partial charge in [-0.15, -0.1) is 0 Å². The van der Waals surface area contributed by atoms with E-state index in [1.54, 1.807) is 0 Å². The van der Waals surface area contributed by atoms with Crippen molar-refractivity contribution >= 4 is 5.91 Å². The topological polar surface area (TPSA) is 68.0 Å². The van der Waals surface area contributed by atoms with Crippen molar-refractivity contribution in [3.05, 3.63) is 11.7 Å². The molecule has 0 spiro atoms. The quantitative estimate of drug-likeness (QED) is 0.860. The molecule has 1 amide bonds. The second kappa shape index (κ2) is 4.47. The molecule has 1 heterocycles. The van der Waals surface area contributed by atoms with Gasteiger partial charge in [0.2, 0.25) is 11.8 Å². The van der Waals surface area contributed by atoms with Gasteiger partial charge in [-0.2, -0.15) is 4.98 Å². The first-order chi connectivity index (χ1) is 7.97. The minimum absolute atomic E-state index is 0.123. The zero-order chi connectivity index (χ0) is 12.5. The lowest BCUT2D eigenvalue weighted by molar-refractivity contribution is -0.122. The van der Waals surface area contributed by atoms with Gasteiger partial charge in [-0.05, 0) is 12.8 Å². The summed E-state index contributed by atoms with van der Waals surface area (Å²) in [6, 6.07) is 0. The third-order valence-electron chi connectivity index (χ3n) is 2.71. The summed E-state index contributed by atoms with van der Waals surface area (Å²) < 4.78 is 5.17. The predicted octanol–water partition coefficient (Wildman–Crippen LogP) is 1.44. The summed E-state index contributed by atoms with van der Waals surface area (Å²) in [6.07, 6.45) is 2.68. The fraction of sp³-hybridized carbons (Fsp3) is 0.750. The fourth-order valence-electron chi connectivity index (χ4n) is 1.45. The van der Waals surface area contributed by atoms with Crippen LogP contribution in [0.3, 0.4) is 0 Å². The second-order valence-electron chi connectivity index (χ2n) is 5.58. The number of rotatable bonds is 4. The minimum atomic E-state index is -0.123. The van der Waals surface area contributed by atoms with Gasteiger partial charge in [0.15, 0.2) is 5.82 Å². The van der Waals surface area contributed by atoms with Gasteiger partial charge in [-0.3, -0.25) is 4.79 Å². The fourth-order valence-corrected chi connectivity index (χ4v) is 1.45. The molecule has 5 nitrogen and oxygen atoms in total. The first-order valence-corrected chi connectivity index (χ1v) is 6.07. The number of nitrogens with zero attached hydrogens (tertiary/aromatic N) is 2. The van der Waals surface area contributed by atoms with Gasteiger partial charge in [0, 0.05) is 24.3 Å². The number of hydrogen-bond donors (Lipinski definition) is 1. The Hall–Kier alpha value is -1.39. The Kier molecular flexibility index (Phi) is 3.17. The van der Waals surface area contributed by atoms with Crippen molar-refractivity contribution in [1.82, 2.24) is 15.5 Å². The summed E-state index contributed by atoms with van der Waals surface area (Å²) in [4.78, 5) is 15.7. The molecule has 1 aliphatic carbocycles. The molecule has 1 fully saturated rings. The number of hydrogen-bond acceptors (Lipinski definition) is 4. The van der Waals surface area contributed by atoms with Gasteiger partial charge in [0.25, 0.3) is 0 Å². The summed E-state index contributed by atoms with van der Waals surface area (Å²) in [5, 5.41) is 6.78. The Morgan fingerprint density at radius 1 is 1.47 bits per heavy atom. The molecule has 0 radical (unpaired) electrons. The first-order valence-electron chi connectivity index (χ1n) is 6.07. The molecule has 0 saturated heterocycles. The highest BCUT2D eigenvalue weighted by Crippen LogP contribution is 2.28. The van der Waals surface area contributed by atoms with Crippen molar-refractivity contribution in [2.24, 2.45) is 5.92 Å². The van der Waals surface area contributed by atoms with Gasteiger partial charge in [-0.25, -0.2) is 0 Å². The molecule has 0 aliphatic heterocycles. The van der Waals surface area contributed by atoms with Gasteiger partial charge in [0.1, 0.15) is 0 Å². The highest BCUT2D eigenvalue weighted by atomic mass is 16.5. The summed E-state index contributed by atoms with van der Waals surface area (Å²) >= 11 is 0. The Bertz CT molecular complexity index is 402. The van der Waals surface area contributed by atoms with Crippen molar-refractivity contribution in [3.63, 3.8) is 0 Å². The van der Waals surface area contributed by atoms with Crippen LogP contribution in [0.2, 0.25) is 0 Å². The molecule has 1 N–H and O–H groups in total. The third kappa shape index (κ3) is 3.28. The maximum atomic E-state index is 11.4. The average Bonchev–Trinajstić information content (AvgIpc) is 2.97.